The van der Waals surface area contributed by atoms with Crippen molar-refractivity contribution >= 4 is 53.8 Å². The smallest absolute Gasteiger partial charge is 0.378 e. The summed E-state index contributed by atoms with van der Waals surface area (Å²) in [5.74, 6) is 1.94. The zero-order valence-corrected chi connectivity index (χ0v) is 16.6. The molecule has 0 aliphatic heterocycles. The zero-order valence-electron chi connectivity index (χ0n) is 13.3. The lowest BCUT2D eigenvalue weighted by atomic mass is 10.2. The maximum absolute atomic E-state index is 11.2. The van der Waals surface area contributed by atoms with Crippen LogP contribution in [0.15, 0.2) is 0 Å². The van der Waals surface area contributed by atoms with Crippen molar-refractivity contribution < 1.29 is 19.1 Å². The third-order valence-corrected chi connectivity index (χ3v) is 6.49. The Hall–Kier alpha value is 0.340. The molecule has 0 amide bonds. The highest BCUT2D eigenvalue weighted by Crippen LogP contribution is 2.26. The van der Waals surface area contributed by atoms with Crippen LogP contribution in [-0.2, 0) is 9.47 Å². The van der Waals surface area contributed by atoms with Crippen LogP contribution in [0.5, 0.6) is 0 Å². The fourth-order valence-electron chi connectivity index (χ4n) is 1.27. The number of unbranched alkanes of at least 4 members (excludes halogenated alkanes) is 3. The summed E-state index contributed by atoms with van der Waals surface area (Å²) in [4.78, 5) is 22.4. The number of carbonyl (C=O) groups excluding carboxylic acids is 2. The van der Waals surface area contributed by atoms with E-state index < -0.39 is 0 Å². The molecule has 0 N–H and O–H groups in total. The molecule has 0 heterocycles. The maximum atomic E-state index is 11.2. The topological polar surface area (TPSA) is 52.6 Å². The van der Waals surface area contributed by atoms with Gasteiger partial charge in [-0.15, -0.1) is 0 Å². The van der Waals surface area contributed by atoms with Gasteiger partial charge < -0.3 is 9.47 Å². The van der Waals surface area contributed by atoms with Gasteiger partial charge in [-0.25, -0.2) is 9.59 Å². The number of hydrogen-bond donors (Lipinski definition) is 0. The highest BCUT2D eigenvalue weighted by Gasteiger charge is 2.04. The van der Waals surface area contributed by atoms with Gasteiger partial charge >= 0.3 is 10.6 Å². The van der Waals surface area contributed by atoms with E-state index in [1.807, 2.05) is 13.8 Å². The minimum atomic E-state index is -0.185. The molecule has 0 aliphatic rings. The van der Waals surface area contributed by atoms with Crippen LogP contribution in [0, 0.1) is 0 Å². The van der Waals surface area contributed by atoms with E-state index in [2.05, 4.69) is 0 Å². The van der Waals surface area contributed by atoms with Gasteiger partial charge in [0.15, 0.2) is 0 Å². The van der Waals surface area contributed by atoms with Crippen LogP contribution in [0.1, 0.15) is 52.4 Å². The van der Waals surface area contributed by atoms with E-state index >= 15 is 0 Å². The Kier molecular flexibility index (Phi) is 18.0. The van der Waals surface area contributed by atoms with E-state index in [1.165, 1.54) is 21.6 Å². The predicted octanol–water partition coefficient (Wildman–Crippen LogP) is 6.40. The van der Waals surface area contributed by atoms with Crippen molar-refractivity contribution in [2.24, 2.45) is 0 Å². The summed E-state index contributed by atoms with van der Waals surface area (Å²) in [6, 6.07) is 0. The molecule has 0 rings (SSSR count). The SMILES string of the molecule is CCCOC(=O)SSCCCCCCSSC(=O)OCCC. The number of hydrogen-bond acceptors (Lipinski definition) is 8. The van der Waals surface area contributed by atoms with Crippen LogP contribution in [0.4, 0.5) is 9.59 Å². The molecule has 0 spiro atoms. The lowest BCUT2D eigenvalue weighted by Gasteiger charge is -2.03. The van der Waals surface area contributed by atoms with Crippen molar-refractivity contribution in [1.29, 1.82) is 0 Å². The quantitative estimate of drug-likeness (QED) is 0.205. The number of ether oxygens (including phenoxy) is 2. The molecule has 0 atom stereocenters. The van der Waals surface area contributed by atoms with Crippen LogP contribution >= 0.6 is 43.2 Å². The summed E-state index contributed by atoms with van der Waals surface area (Å²) in [5.41, 5.74) is 0. The third-order valence-electron chi connectivity index (χ3n) is 2.31. The van der Waals surface area contributed by atoms with Gasteiger partial charge in [-0.2, -0.15) is 0 Å². The highest BCUT2D eigenvalue weighted by molar-refractivity contribution is 8.82. The van der Waals surface area contributed by atoms with Crippen LogP contribution < -0.4 is 0 Å². The Bertz CT molecular complexity index is 262. The molecular weight excluding hydrogens is 360 g/mol. The van der Waals surface area contributed by atoms with Crippen molar-refractivity contribution in [2.45, 2.75) is 52.4 Å². The van der Waals surface area contributed by atoms with Crippen molar-refractivity contribution in [1.82, 2.24) is 0 Å². The van der Waals surface area contributed by atoms with Gasteiger partial charge in [0.05, 0.1) is 13.2 Å². The summed E-state index contributed by atoms with van der Waals surface area (Å²) >= 11 is 0. The van der Waals surface area contributed by atoms with E-state index in [4.69, 9.17) is 9.47 Å². The van der Waals surface area contributed by atoms with Gasteiger partial charge in [-0.05, 0) is 25.7 Å². The Morgan fingerprint density at radius 3 is 1.50 bits per heavy atom. The fraction of sp³-hybridized carbons (Fsp3) is 0.857. The minimum absolute atomic E-state index is 0.185. The molecule has 0 aromatic carbocycles. The summed E-state index contributed by atoms with van der Waals surface area (Å²) < 4.78 is 9.93. The second kappa shape index (κ2) is 17.7. The molecule has 0 unspecified atom stereocenters. The van der Waals surface area contributed by atoms with Gasteiger partial charge in [0.2, 0.25) is 0 Å². The van der Waals surface area contributed by atoms with Gasteiger partial charge in [-0.3, -0.25) is 0 Å². The molecule has 0 aromatic rings. The first-order valence-corrected chi connectivity index (χ1v) is 12.3. The third kappa shape index (κ3) is 16.7. The average molecular weight is 387 g/mol. The minimum Gasteiger partial charge on any atom is -0.457 e. The lowest BCUT2D eigenvalue weighted by Crippen LogP contribution is -1.96. The standard InChI is InChI=1S/C14H26O4S4/c1-3-9-17-13(15)21-19-11-7-5-6-8-12-20-22-14(16)18-10-4-2/h3-12H2,1-2H3. The molecule has 22 heavy (non-hydrogen) atoms. The largest absolute Gasteiger partial charge is 0.457 e. The predicted molar refractivity (Wildman–Crippen MR) is 102 cm³/mol. The molecule has 0 saturated carbocycles. The van der Waals surface area contributed by atoms with Gasteiger partial charge in [-0.1, -0.05) is 48.3 Å². The van der Waals surface area contributed by atoms with E-state index in [1.54, 1.807) is 21.6 Å². The van der Waals surface area contributed by atoms with E-state index in [-0.39, 0.29) is 10.6 Å². The first-order valence-electron chi connectivity index (χ1n) is 7.63. The van der Waals surface area contributed by atoms with Crippen LogP contribution in [0.2, 0.25) is 0 Å². The lowest BCUT2D eigenvalue weighted by molar-refractivity contribution is 0.175. The van der Waals surface area contributed by atoms with Crippen molar-refractivity contribution in [3.63, 3.8) is 0 Å². The van der Waals surface area contributed by atoms with Gasteiger partial charge in [0.25, 0.3) is 0 Å². The highest BCUT2D eigenvalue weighted by atomic mass is 33.1. The molecule has 4 nitrogen and oxygen atoms in total. The normalized spacial score (nSPS) is 10.5. The Labute approximate surface area is 149 Å². The number of carbonyl (C=O) groups is 2. The van der Waals surface area contributed by atoms with Crippen LogP contribution in [-0.4, -0.2) is 35.3 Å². The summed E-state index contributed by atoms with van der Waals surface area (Å²) in [5, 5.41) is -0.370. The first-order chi connectivity index (χ1) is 10.7. The first kappa shape index (κ1) is 22.3. The van der Waals surface area contributed by atoms with Gasteiger partial charge in [0.1, 0.15) is 0 Å². The molecule has 0 saturated heterocycles. The Morgan fingerprint density at radius 1 is 0.727 bits per heavy atom. The van der Waals surface area contributed by atoms with Crippen molar-refractivity contribution in [2.75, 3.05) is 24.7 Å². The molecule has 0 aliphatic carbocycles. The second-order valence-electron chi connectivity index (χ2n) is 4.42. The fourth-order valence-corrected chi connectivity index (χ4v) is 4.61. The summed E-state index contributed by atoms with van der Waals surface area (Å²) in [7, 11) is 5.52. The molecule has 8 heteroatoms. The molecule has 0 aromatic heterocycles. The van der Waals surface area contributed by atoms with E-state index in [9.17, 15) is 9.59 Å². The van der Waals surface area contributed by atoms with E-state index in [0.717, 1.165) is 50.0 Å². The van der Waals surface area contributed by atoms with Crippen LogP contribution in [0.25, 0.3) is 0 Å². The Balaban J connectivity index is 3.17. The average Bonchev–Trinajstić information content (AvgIpc) is 2.52. The summed E-state index contributed by atoms with van der Waals surface area (Å²) in [6.07, 6.45) is 6.25. The maximum Gasteiger partial charge on any atom is 0.378 e. The van der Waals surface area contributed by atoms with Crippen molar-refractivity contribution in [3.8, 4) is 0 Å². The Morgan fingerprint density at radius 2 is 1.14 bits per heavy atom. The molecule has 0 radical (unpaired) electrons. The zero-order chi connectivity index (χ0) is 16.5. The van der Waals surface area contributed by atoms with Crippen LogP contribution in [0.3, 0.4) is 0 Å². The number of rotatable bonds is 13. The molecule has 0 fully saturated rings. The van der Waals surface area contributed by atoms with Gasteiger partial charge in [0, 0.05) is 33.1 Å². The molecule has 0 bridgehead atoms. The molecular formula is C14H26O4S4. The summed E-state index contributed by atoms with van der Waals surface area (Å²) in [6.45, 7) is 4.98. The van der Waals surface area contributed by atoms with E-state index in [0.29, 0.717) is 13.2 Å². The molecule has 130 valence electrons. The monoisotopic (exact) mass is 386 g/mol. The van der Waals surface area contributed by atoms with Crippen molar-refractivity contribution in [3.05, 3.63) is 0 Å². The second-order valence-corrected chi connectivity index (χ2v) is 9.12.